The van der Waals surface area contributed by atoms with E-state index < -0.39 is 6.04 Å². The normalized spacial score (nSPS) is 23.6. The van der Waals surface area contributed by atoms with Crippen molar-refractivity contribution in [3.8, 4) is 17.2 Å². The lowest BCUT2D eigenvalue weighted by molar-refractivity contribution is -0.120. The summed E-state index contributed by atoms with van der Waals surface area (Å²) in [7, 11) is 1.55. The highest BCUT2D eigenvalue weighted by atomic mass is 35.5. The molecule has 1 N–H and O–H groups in total. The van der Waals surface area contributed by atoms with Crippen LogP contribution in [0.2, 0.25) is 5.02 Å². The molecule has 0 bridgehead atoms. The van der Waals surface area contributed by atoms with Gasteiger partial charge in [0.05, 0.1) is 23.4 Å². The summed E-state index contributed by atoms with van der Waals surface area (Å²) in [5, 5.41) is 3.31. The fourth-order valence-electron chi connectivity index (χ4n) is 5.32. The molecule has 3 aliphatic rings. The smallest absolute Gasteiger partial charge is 0.258 e. The molecule has 2 amide bonds. The van der Waals surface area contributed by atoms with Gasteiger partial charge in [0.1, 0.15) is 25.0 Å². The Bertz CT molecular complexity index is 1070. The van der Waals surface area contributed by atoms with Gasteiger partial charge in [-0.15, -0.1) is 0 Å². The van der Waals surface area contributed by atoms with E-state index in [9.17, 15) is 9.59 Å². The predicted molar refractivity (Wildman–Crippen MR) is 124 cm³/mol. The summed E-state index contributed by atoms with van der Waals surface area (Å²) in [5.74, 6) is 1.51. The maximum Gasteiger partial charge on any atom is 0.258 e. The van der Waals surface area contributed by atoms with Gasteiger partial charge >= 0.3 is 0 Å². The monoisotopic (exact) mass is 470 g/mol. The van der Waals surface area contributed by atoms with Gasteiger partial charge in [0.25, 0.3) is 5.91 Å². The molecule has 174 valence electrons. The first-order chi connectivity index (χ1) is 16.1. The number of halogens is 1. The second-order valence-corrected chi connectivity index (χ2v) is 9.15. The molecule has 2 fully saturated rings. The highest BCUT2D eigenvalue weighted by Crippen LogP contribution is 2.42. The van der Waals surface area contributed by atoms with Crippen molar-refractivity contribution in [3.63, 3.8) is 0 Å². The van der Waals surface area contributed by atoms with Crippen LogP contribution in [0.5, 0.6) is 17.2 Å². The van der Waals surface area contributed by atoms with Crippen LogP contribution in [0, 0.1) is 5.92 Å². The zero-order valence-electron chi connectivity index (χ0n) is 18.5. The largest absolute Gasteiger partial charge is 0.496 e. The molecule has 33 heavy (non-hydrogen) atoms. The number of nitrogens with one attached hydrogen (secondary N) is 1. The number of amides is 2. The molecule has 1 aliphatic carbocycles. The maximum absolute atomic E-state index is 13.7. The zero-order chi connectivity index (χ0) is 22.9. The molecule has 0 radical (unpaired) electrons. The van der Waals surface area contributed by atoms with Crippen LogP contribution in [-0.4, -0.2) is 49.1 Å². The molecule has 2 aromatic rings. The van der Waals surface area contributed by atoms with Crippen molar-refractivity contribution in [2.45, 2.75) is 44.2 Å². The van der Waals surface area contributed by atoms with Crippen molar-refractivity contribution >= 4 is 29.1 Å². The summed E-state index contributed by atoms with van der Waals surface area (Å²) in [4.78, 5) is 29.0. The fourth-order valence-corrected chi connectivity index (χ4v) is 5.52. The minimum atomic E-state index is -0.584. The zero-order valence-corrected chi connectivity index (χ0v) is 19.3. The van der Waals surface area contributed by atoms with Crippen molar-refractivity contribution < 1.29 is 23.8 Å². The van der Waals surface area contributed by atoms with Gasteiger partial charge < -0.3 is 24.4 Å². The molecule has 2 aliphatic heterocycles. The Morgan fingerprint density at radius 2 is 1.82 bits per heavy atom. The Balaban J connectivity index is 1.44. The lowest BCUT2D eigenvalue weighted by Crippen LogP contribution is -2.48. The first kappa shape index (κ1) is 21.9. The van der Waals surface area contributed by atoms with Crippen LogP contribution in [-0.2, 0) is 4.79 Å². The van der Waals surface area contributed by atoms with Gasteiger partial charge in [-0.2, -0.15) is 0 Å². The molecule has 3 atom stereocenters. The number of carbonyl (C=O) groups is 2. The number of carbonyl (C=O) groups excluding carboxylic acids is 2. The number of para-hydroxylation sites is 1. The molecular weight excluding hydrogens is 444 g/mol. The molecule has 7 nitrogen and oxygen atoms in total. The highest BCUT2D eigenvalue weighted by molar-refractivity contribution is 6.34. The molecule has 8 heteroatoms. The van der Waals surface area contributed by atoms with E-state index in [1.165, 1.54) is 0 Å². The average molecular weight is 471 g/mol. The van der Waals surface area contributed by atoms with Crippen LogP contribution in [0.15, 0.2) is 36.4 Å². The summed E-state index contributed by atoms with van der Waals surface area (Å²) >= 11 is 6.42. The number of hydrogen-bond acceptors (Lipinski definition) is 5. The minimum absolute atomic E-state index is 0.0441. The van der Waals surface area contributed by atoms with E-state index in [2.05, 4.69) is 5.32 Å². The Kier molecular flexibility index (Phi) is 6.06. The molecule has 2 aromatic carbocycles. The first-order valence-corrected chi connectivity index (χ1v) is 11.8. The Labute approximate surface area is 197 Å². The van der Waals surface area contributed by atoms with Gasteiger partial charge in [0, 0.05) is 18.2 Å². The quantitative estimate of drug-likeness (QED) is 0.710. The average Bonchev–Trinajstić information content (AvgIpc) is 3.24. The van der Waals surface area contributed by atoms with Gasteiger partial charge in [-0.25, -0.2) is 0 Å². The van der Waals surface area contributed by atoms with E-state index in [-0.39, 0.29) is 17.9 Å². The van der Waals surface area contributed by atoms with Crippen LogP contribution in [0.1, 0.15) is 42.5 Å². The summed E-state index contributed by atoms with van der Waals surface area (Å²) in [6.45, 7) is 0.898. The summed E-state index contributed by atoms with van der Waals surface area (Å²) in [6.07, 6.45) is 4.74. The molecular formula is C25H27ClN2O5. The predicted octanol–water partition coefficient (Wildman–Crippen LogP) is 4.53. The number of fused-ring (bicyclic) bond motifs is 2. The van der Waals surface area contributed by atoms with E-state index in [4.69, 9.17) is 25.8 Å². The van der Waals surface area contributed by atoms with Crippen LogP contribution >= 0.6 is 11.6 Å². The van der Waals surface area contributed by atoms with Gasteiger partial charge in [0.15, 0.2) is 11.5 Å². The highest BCUT2D eigenvalue weighted by Gasteiger charge is 2.48. The number of anilines is 1. The summed E-state index contributed by atoms with van der Waals surface area (Å²) < 4.78 is 16.6. The van der Waals surface area contributed by atoms with Crippen molar-refractivity contribution in [3.05, 3.63) is 47.0 Å². The van der Waals surface area contributed by atoms with E-state index in [0.717, 1.165) is 25.7 Å². The second kappa shape index (κ2) is 9.14. The first-order valence-electron chi connectivity index (χ1n) is 11.4. The van der Waals surface area contributed by atoms with E-state index >= 15 is 0 Å². The molecule has 0 aromatic heterocycles. The van der Waals surface area contributed by atoms with Gasteiger partial charge in [-0.05, 0) is 37.3 Å². The fraction of sp³-hybridized carbons (Fsp3) is 0.440. The van der Waals surface area contributed by atoms with E-state index in [0.29, 0.717) is 59.1 Å². The summed E-state index contributed by atoms with van der Waals surface area (Å²) in [6, 6.07) is 9.96. The number of likely N-dealkylation sites (tertiary alicyclic amines) is 1. The van der Waals surface area contributed by atoms with Crippen LogP contribution in [0.25, 0.3) is 0 Å². The minimum Gasteiger partial charge on any atom is -0.496 e. The molecule has 2 heterocycles. The molecule has 5 rings (SSSR count). The molecule has 1 saturated carbocycles. The van der Waals surface area contributed by atoms with Crippen LogP contribution in [0.4, 0.5) is 5.69 Å². The standard InChI is InChI=1S/C25H27ClN2O5/c1-31-21-9-5-3-7-16(21)25(30)28-19-8-4-2-6-15(19)12-20(28)24(29)27-18-14-23-22(13-17(18)26)32-10-11-33-23/h3,5,7,9,13-15,19-20H,2,4,6,8,10-12H2,1H3,(H,27,29). The van der Waals surface area contributed by atoms with Crippen molar-refractivity contribution in [1.29, 1.82) is 0 Å². The number of methoxy groups -OCH3 is 1. The Hall–Kier alpha value is -2.93. The van der Waals surface area contributed by atoms with Crippen LogP contribution < -0.4 is 19.5 Å². The van der Waals surface area contributed by atoms with Crippen molar-refractivity contribution in [2.75, 3.05) is 25.6 Å². The van der Waals surface area contributed by atoms with Crippen LogP contribution in [0.3, 0.4) is 0 Å². The molecule has 1 saturated heterocycles. The third kappa shape index (κ3) is 4.10. The maximum atomic E-state index is 13.7. The topological polar surface area (TPSA) is 77.1 Å². The van der Waals surface area contributed by atoms with Gasteiger partial charge in [-0.1, -0.05) is 36.6 Å². The molecule has 3 unspecified atom stereocenters. The second-order valence-electron chi connectivity index (χ2n) is 8.74. The van der Waals surface area contributed by atoms with E-state index in [1.807, 2.05) is 12.1 Å². The third-order valence-electron chi connectivity index (χ3n) is 6.85. The van der Waals surface area contributed by atoms with Crippen molar-refractivity contribution in [2.24, 2.45) is 5.92 Å². The number of nitrogens with zero attached hydrogens (tertiary/aromatic N) is 1. The summed E-state index contributed by atoms with van der Waals surface area (Å²) in [5.41, 5.74) is 0.923. The van der Waals surface area contributed by atoms with Gasteiger partial charge in [0.2, 0.25) is 5.91 Å². The molecule has 0 spiro atoms. The number of hydrogen-bond donors (Lipinski definition) is 1. The third-order valence-corrected chi connectivity index (χ3v) is 7.17. The lowest BCUT2D eigenvalue weighted by atomic mass is 9.84. The Morgan fingerprint density at radius 3 is 2.61 bits per heavy atom. The van der Waals surface area contributed by atoms with Crippen molar-refractivity contribution in [1.82, 2.24) is 4.90 Å². The lowest BCUT2D eigenvalue weighted by Gasteiger charge is -2.34. The number of ether oxygens (including phenoxy) is 3. The van der Waals surface area contributed by atoms with Gasteiger partial charge in [-0.3, -0.25) is 9.59 Å². The number of rotatable bonds is 4. The SMILES string of the molecule is COc1ccccc1C(=O)N1C(C(=O)Nc2cc3c(cc2Cl)OCCO3)CC2CCCCC21. The van der Waals surface area contributed by atoms with E-state index in [1.54, 1.807) is 36.3 Å². The number of benzene rings is 2. The Morgan fingerprint density at radius 1 is 1.09 bits per heavy atom.